The minimum absolute atomic E-state index is 0.0364. The van der Waals surface area contributed by atoms with Crippen LogP contribution in [0.15, 0.2) is 85.5 Å². The van der Waals surface area contributed by atoms with E-state index in [1.165, 1.54) is 14.2 Å². The predicted molar refractivity (Wildman–Crippen MR) is 212 cm³/mol. The van der Waals surface area contributed by atoms with Crippen LogP contribution in [0.2, 0.25) is 0 Å². The monoisotopic (exact) mass is 758 g/mol. The topological polar surface area (TPSA) is 167 Å². The number of hydrogen-bond acceptors (Lipinski definition) is 8. The summed E-state index contributed by atoms with van der Waals surface area (Å²) in [5, 5.41) is 5.84. The number of rotatable bonds is 12. The minimum atomic E-state index is -0.886. The number of nitrogens with zero attached hydrogens (tertiary/aromatic N) is 4. The first-order chi connectivity index (χ1) is 27.2. The van der Waals surface area contributed by atoms with Gasteiger partial charge in [-0.1, -0.05) is 67.4 Å². The molecule has 4 heterocycles. The molecule has 2 aliphatic rings. The molecule has 56 heavy (non-hydrogen) atoms. The van der Waals surface area contributed by atoms with E-state index in [0.29, 0.717) is 12.4 Å². The maximum absolute atomic E-state index is 13.6. The van der Waals surface area contributed by atoms with Crippen LogP contribution in [0.1, 0.15) is 87.6 Å². The van der Waals surface area contributed by atoms with Crippen molar-refractivity contribution in [2.24, 2.45) is 5.92 Å². The highest BCUT2D eigenvalue weighted by molar-refractivity contribution is 5.87. The number of carbonyl (C=O) groups excluding carboxylic acids is 3. The number of H-pyrrole nitrogens is 2. The lowest BCUT2D eigenvalue weighted by Crippen LogP contribution is -2.54. The maximum Gasteiger partial charge on any atom is 0.407 e. The standard InChI is InChI=1S/C43H50N8O5/c1-26(32-9-7-21-44-23-32)47-41(52)34-11-6-5-10-33(34)39-45-24-35(48-39)30-17-13-28(14-18-30)29-15-19-31(20-16-29)36-25-46-40(49-36)37-12-8-22-51(37)42(53)38(27(2)55-3)50-43(54)56-4/h7,9,13-21,23-27,33-34,37-38H,5-6,8,10-12,22H2,1-4H3,(H,45,48)(H,46,49)(H,47,52)(H,50,54)/t26-,27-,33?,34?,37+,38+/m1/s1. The lowest BCUT2D eigenvalue weighted by molar-refractivity contribution is -0.137. The summed E-state index contributed by atoms with van der Waals surface area (Å²) in [6.45, 7) is 4.29. The third-order valence-electron chi connectivity index (χ3n) is 11.3. The van der Waals surface area contributed by atoms with E-state index in [2.05, 4.69) is 79.1 Å². The Morgan fingerprint density at radius 2 is 1.39 bits per heavy atom. The van der Waals surface area contributed by atoms with Crippen LogP contribution in [0.5, 0.6) is 0 Å². The van der Waals surface area contributed by atoms with Gasteiger partial charge in [0.15, 0.2) is 0 Å². The maximum atomic E-state index is 13.6. The van der Waals surface area contributed by atoms with E-state index in [9.17, 15) is 14.4 Å². The van der Waals surface area contributed by atoms with Gasteiger partial charge >= 0.3 is 6.09 Å². The average molecular weight is 759 g/mol. The second-order valence-electron chi connectivity index (χ2n) is 14.8. The zero-order chi connectivity index (χ0) is 39.2. The van der Waals surface area contributed by atoms with Gasteiger partial charge < -0.3 is 35.0 Å². The largest absolute Gasteiger partial charge is 0.453 e. The molecular weight excluding hydrogens is 709 g/mol. The predicted octanol–water partition coefficient (Wildman–Crippen LogP) is 7.10. The first kappa shape index (κ1) is 38.5. The second kappa shape index (κ2) is 17.3. The van der Waals surface area contributed by atoms with Gasteiger partial charge in [0.25, 0.3) is 0 Å². The Morgan fingerprint density at radius 1 is 0.768 bits per heavy atom. The average Bonchev–Trinajstić information content (AvgIpc) is 4.05. The van der Waals surface area contributed by atoms with Gasteiger partial charge in [-0.05, 0) is 73.4 Å². The Morgan fingerprint density at radius 3 is 2.02 bits per heavy atom. The number of alkyl carbamates (subject to hydrolysis) is 1. The lowest BCUT2D eigenvalue weighted by atomic mass is 9.78. The van der Waals surface area contributed by atoms with Crippen molar-refractivity contribution in [2.45, 2.75) is 82.5 Å². The van der Waals surface area contributed by atoms with Crippen molar-refractivity contribution in [3.63, 3.8) is 0 Å². The molecule has 3 amide bonds. The molecule has 13 nitrogen and oxygen atoms in total. The third-order valence-corrected chi connectivity index (χ3v) is 11.3. The first-order valence-corrected chi connectivity index (χ1v) is 19.4. The summed E-state index contributed by atoms with van der Waals surface area (Å²) in [6, 6.07) is 19.3. The zero-order valence-electron chi connectivity index (χ0n) is 32.3. The molecule has 5 aromatic rings. The molecule has 292 valence electrons. The number of pyridine rings is 1. The Kier molecular flexibility index (Phi) is 11.9. The molecule has 7 rings (SSSR count). The molecule has 13 heteroatoms. The molecule has 1 aliphatic carbocycles. The normalized spacial score (nSPS) is 19.9. The molecule has 3 aromatic heterocycles. The molecule has 1 aliphatic heterocycles. The summed E-state index contributed by atoms with van der Waals surface area (Å²) in [4.78, 5) is 61.5. The van der Waals surface area contributed by atoms with Gasteiger partial charge in [0, 0.05) is 37.9 Å². The Hall–Kier alpha value is -5.82. The van der Waals surface area contributed by atoms with Crippen molar-refractivity contribution in [2.75, 3.05) is 20.8 Å². The summed E-state index contributed by atoms with van der Waals surface area (Å²) in [6.07, 6.45) is 11.4. The summed E-state index contributed by atoms with van der Waals surface area (Å²) in [7, 11) is 2.77. The number of benzene rings is 2. The van der Waals surface area contributed by atoms with E-state index >= 15 is 0 Å². The van der Waals surface area contributed by atoms with Gasteiger partial charge in [-0.15, -0.1) is 0 Å². The summed E-state index contributed by atoms with van der Waals surface area (Å²) < 4.78 is 10.2. The van der Waals surface area contributed by atoms with Crippen molar-refractivity contribution in [3.05, 3.63) is 103 Å². The van der Waals surface area contributed by atoms with Gasteiger partial charge in [-0.3, -0.25) is 14.6 Å². The van der Waals surface area contributed by atoms with Crippen LogP contribution >= 0.6 is 0 Å². The summed E-state index contributed by atoms with van der Waals surface area (Å²) in [5.74, 6) is 1.29. The van der Waals surface area contributed by atoms with Crippen molar-refractivity contribution >= 4 is 17.9 Å². The fourth-order valence-electron chi connectivity index (χ4n) is 8.01. The van der Waals surface area contributed by atoms with Crippen LogP contribution in [0.3, 0.4) is 0 Å². The van der Waals surface area contributed by atoms with Crippen LogP contribution in [0.4, 0.5) is 4.79 Å². The van der Waals surface area contributed by atoms with Gasteiger partial charge in [0.1, 0.15) is 17.7 Å². The number of ether oxygens (including phenoxy) is 2. The first-order valence-electron chi connectivity index (χ1n) is 19.4. The van der Waals surface area contributed by atoms with E-state index in [1.54, 1.807) is 30.4 Å². The van der Waals surface area contributed by atoms with Crippen LogP contribution in [-0.4, -0.2) is 80.6 Å². The molecule has 0 bridgehead atoms. The number of imidazole rings is 2. The highest BCUT2D eigenvalue weighted by Crippen LogP contribution is 2.38. The third kappa shape index (κ3) is 8.37. The molecular formula is C43H50N8O5. The van der Waals surface area contributed by atoms with Crippen LogP contribution in [-0.2, 0) is 19.1 Å². The van der Waals surface area contributed by atoms with Gasteiger partial charge in [0.05, 0.1) is 49.1 Å². The highest BCUT2D eigenvalue weighted by atomic mass is 16.5. The fraction of sp³-hybridized carbons (Fsp3) is 0.395. The Bertz CT molecular complexity index is 2100. The number of nitrogens with one attached hydrogen (secondary N) is 4. The van der Waals surface area contributed by atoms with Gasteiger partial charge in [-0.2, -0.15) is 0 Å². The van der Waals surface area contributed by atoms with Crippen molar-refractivity contribution in [3.8, 4) is 33.6 Å². The molecule has 2 aromatic carbocycles. The van der Waals surface area contributed by atoms with E-state index in [0.717, 1.165) is 83.6 Å². The Labute approximate surface area is 327 Å². The molecule has 4 N–H and O–H groups in total. The van der Waals surface area contributed by atoms with E-state index in [4.69, 9.17) is 14.5 Å². The molecule has 2 unspecified atom stereocenters. The number of hydrogen-bond donors (Lipinski definition) is 4. The quantitative estimate of drug-likeness (QED) is 0.105. The van der Waals surface area contributed by atoms with E-state index < -0.39 is 18.2 Å². The fourth-order valence-corrected chi connectivity index (χ4v) is 8.01. The number of methoxy groups -OCH3 is 2. The molecule has 6 atom stereocenters. The second-order valence-corrected chi connectivity index (χ2v) is 14.8. The zero-order valence-corrected chi connectivity index (χ0v) is 32.3. The molecule has 0 radical (unpaired) electrons. The smallest absolute Gasteiger partial charge is 0.407 e. The Balaban J connectivity index is 0.994. The number of amides is 3. The van der Waals surface area contributed by atoms with Crippen molar-refractivity contribution < 1.29 is 23.9 Å². The van der Waals surface area contributed by atoms with E-state index in [1.807, 2.05) is 25.3 Å². The minimum Gasteiger partial charge on any atom is -0.453 e. The summed E-state index contributed by atoms with van der Waals surface area (Å²) in [5.41, 5.74) is 6.93. The van der Waals surface area contributed by atoms with Gasteiger partial charge in [-0.25, -0.2) is 14.8 Å². The number of aromatic amines is 2. The van der Waals surface area contributed by atoms with Crippen LogP contribution in [0.25, 0.3) is 33.6 Å². The highest BCUT2D eigenvalue weighted by Gasteiger charge is 2.39. The van der Waals surface area contributed by atoms with Crippen LogP contribution in [0, 0.1) is 5.92 Å². The molecule has 0 spiro atoms. The van der Waals surface area contributed by atoms with Crippen molar-refractivity contribution in [1.29, 1.82) is 0 Å². The lowest BCUT2D eigenvalue weighted by Gasteiger charge is -2.30. The number of likely N-dealkylation sites (tertiary alicyclic amines) is 1. The molecule has 1 saturated heterocycles. The van der Waals surface area contributed by atoms with Crippen molar-refractivity contribution in [1.82, 2.24) is 40.5 Å². The SMILES string of the molecule is COC(=O)N[C@H](C(=O)N1CCC[C@H]1c1ncc(-c2ccc(-c3ccc(-c4cnc(C5CCCCC5C(=O)N[C@H](C)c5cccnc5)[nH]4)cc3)cc2)[nH]1)[C@@H](C)OC. The molecule has 1 saturated carbocycles. The number of carbonyl (C=O) groups is 3. The number of aromatic nitrogens is 5. The van der Waals surface area contributed by atoms with Gasteiger partial charge in [0.2, 0.25) is 11.8 Å². The van der Waals surface area contributed by atoms with E-state index in [-0.39, 0.29) is 35.7 Å². The van der Waals surface area contributed by atoms with Crippen LogP contribution < -0.4 is 10.6 Å². The summed E-state index contributed by atoms with van der Waals surface area (Å²) >= 11 is 0. The molecule has 2 fully saturated rings.